The topological polar surface area (TPSA) is 74.0 Å². The number of hydrogen-bond acceptors (Lipinski definition) is 2. The van der Waals surface area contributed by atoms with Gasteiger partial charge in [0.25, 0.3) is 11.8 Å². The van der Waals surface area contributed by atoms with E-state index in [2.05, 4.69) is 15.6 Å². The minimum absolute atomic E-state index is 0.147. The monoisotopic (exact) mass is 321 g/mol. The maximum absolute atomic E-state index is 12.2. The summed E-state index contributed by atoms with van der Waals surface area (Å²) in [5, 5.41) is 6.58. The van der Waals surface area contributed by atoms with Crippen LogP contribution in [0.5, 0.6) is 0 Å². The normalized spacial score (nSPS) is 10.5. The van der Waals surface area contributed by atoms with Gasteiger partial charge in [-0.15, -0.1) is 0 Å². The SMILES string of the molecule is Cc1ccc2cc(C(=O)NCCNC(=O)c3ccccc3)[nH]c2c1. The zero-order valence-electron chi connectivity index (χ0n) is 13.4. The molecule has 24 heavy (non-hydrogen) atoms. The van der Waals surface area contributed by atoms with Crippen molar-refractivity contribution in [3.05, 3.63) is 71.4 Å². The van der Waals surface area contributed by atoms with E-state index in [1.807, 2.05) is 49.4 Å². The van der Waals surface area contributed by atoms with Gasteiger partial charge in [-0.1, -0.05) is 30.3 Å². The summed E-state index contributed by atoms with van der Waals surface area (Å²) >= 11 is 0. The van der Waals surface area contributed by atoms with Crippen LogP contribution < -0.4 is 10.6 Å². The van der Waals surface area contributed by atoms with Gasteiger partial charge in [-0.3, -0.25) is 9.59 Å². The lowest BCUT2D eigenvalue weighted by Gasteiger charge is -2.06. The van der Waals surface area contributed by atoms with Crippen molar-refractivity contribution < 1.29 is 9.59 Å². The number of carbonyl (C=O) groups is 2. The molecule has 2 amide bonds. The minimum atomic E-state index is -0.183. The van der Waals surface area contributed by atoms with Crippen molar-refractivity contribution in [2.24, 2.45) is 0 Å². The van der Waals surface area contributed by atoms with E-state index in [1.165, 1.54) is 0 Å². The molecule has 3 aromatic rings. The van der Waals surface area contributed by atoms with E-state index < -0.39 is 0 Å². The Morgan fingerprint density at radius 2 is 1.62 bits per heavy atom. The third-order valence-electron chi connectivity index (χ3n) is 3.75. The highest BCUT2D eigenvalue weighted by atomic mass is 16.2. The highest BCUT2D eigenvalue weighted by molar-refractivity contribution is 5.98. The predicted molar refractivity (Wildman–Crippen MR) is 94.1 cm³/mol. The molecule has 0 aliphatic carbocycles. The zero-order valence-corrected chi connectivity index (χ0v) is 13.4. The van der Waals surface area contributed by atoms with Crippen molar-refractivity contribution in [2.45, 2.75) is 6.92 Å². The molecule has 0 saturated heterocycles. The molecule has 1 aromatic heterocycles. The van der Waals surface area contributed by atoms with Crippen LogP contribution >= 0.6 is 0 Å². The summed E-state index contributed by atoms with van der Waals surface area (Å²) in [5.41, 5.74) is 3.21. The molecule has 5 heteroatoms. The number of benzene rings is 2. The zero-order chi connectivity index (χ0) is 16.9. The highest BCUT2D eigenvalue weighted by Gasteiger charge is 2.09. The number of amides is 2. The van der Waals surface area contributed by atoms with Gasteiger partial charge in [0.15, 0.2) is 0 Å². The van der Waals surface area contributed by atoms with Gasteiger partial charge in [0.2, 0.25) is 0 Å². The Morgan fingerprint density at radius 3 is 2.38 bits per heavy atom. The lowest BCUT2D eigenvalue weighted by molar-refractivity contribution is 0.0925. The maximum atomic E-state index is 12.2. The van der Waals surface area contributed by atoms with Gasteiger partial charge >= 0.3 is 0 Å². The summed E-state index contributed by atoms with van der Waals surface area (Å²) in [7, 11) is 0. The van der Waals surface area contributed by atoms with Crippen LogP contribution in [0, 0.1) is 6.92 Å². The molecule has 3 N–H and O–H groups in total. The number of fused-ring (bicyclic) bond motifs is 1. The van der Waals surface area contributed by atoms with Gasteiger partial charge in [-0.25, -0.2) is 0 Å². The Kier molecular flexibility index (Phi) is 4.61. The first-order chi connectivity index (χ1) is 11.6. The molecule has 0 aliphatic heterocycles. The summed E-state index contributed by atoms with van der Waals surface area (Å²) in [6.07, 6.45) is 0. The largest absolute Gasteiger partial charge is 0.351 e. The Labute approximate surface area is 140 Å². The number of hydrogen-bond donors (Lipinski definition) is 3. The molecule has 0 atom stereocenters. The second-order valence-corrected chi connectivity index (χ2v) is 5.65. The number of aromatic amines is 1. The number of nitrogens with one attached hydrogen (secondary N) is 3. The Bertz CT molecular complexity index is 869. The number of aryl methyl sites for hydroxylation is 1. The van der Waals surface area contributed by atoms with Gasteiger partial charge in [0, 0.05) is 29.6 Å². The molecule has 5 nitrogen and oxygen atoms in total. The number of rotatable bonds is 5. The van der Waals surface area contributed by atoms with Crippen LogP contribution in [0.1, 0.15) is 26.4 Å². The van der Waals surface area contributed by atoms with Crippen molar-refractivity contribution in [1.29, 1.82) is 0 Å². The second-order valence-electron chi connectivity index (χ2n) is 5.65. The fourth-order valence-corrected chi connectivity index (χ4v) is 2.50. The van der Waals surface area contributed by atoms with E-state index >= 15 is 0 Å². The van der Waals surface area contributed by atoms with Gasteiger partial charge in [-0.2, -0.15) is 0 Å². The first-order valence-corrected chi connectivity index (χ1v) is 7.84. The van der Waals surface area contributed by atoms with E-state index in [4.69, 9.17) is 0 Å². The molecule has 0 unspecified atom stereocenters. The maximum Gasteiger partial charge on any atom is 0.267 e. The second kappa shape index (κ2) is 7.00. The van der Waals surface area contributed by atoms with E-state index in [9.17, 15) is 9.59 Å². The van der Waals surface area contributed by atoms with Crippen molar-refractivity contribution in [1.82, 2.24) is 15.6 Å². The number of H-pyrrole nitrogens is 1. The van der Waals surface area contributed by atoms with Crippen molar-refractivity contribution >= 4 is 22.7 Å². The third-order valence-corrected chi connectivity index (χ3v) is 3.75. The van der Waals surface area contributed by atoms with Gasteiger partial charge in [0.1, 0.15) is 5.69 Å². The van der Waals surface area contributed by atoms with E-state index in [0.29, 0.717) is 24.3 Å². The minimum Gasteiger partial charge on any atom is -0.351 e. The number of aromatic nitrogens is 1. The average Bonchev–Trinajstić information content (AvgIpc) is 3.02. The van der Waals surface area contributed by atoms with Crippen LogP contribution in [0.4, 0.5) is 0 Å². The molecule has 0 saturated carbocycles. The number of carbonyl (C=O) groups excluding carboxylic acids is 2. The van der Waals surface area contributed by atoms with Crippen LogP contribution in [0.15, 0.2) is 54.6 Å². The first kappa shape index (κ1) is 15.8. The molecule has 122 valence electrons. The van der Waals surface area contributed by atoms with Gasteiger partial charge < -0.3 is 15.6 Å². The Balaban J connectivity index is 1.51. The van der Waals surface area contributed by atoms with Crippen molar-refractivity contribution in [3.8, 4) is 0 Å². The molecular formula is C19H19N3O2. The van der Waals surface area contributed by atoms with E-state index in [0.717, 1.165) is 16.5 Å². The predicted octanol–water partition coefficient (Wildman–Crippen LogP) is 2.64. The molecular weight excluding hydrogens is 302 g/mol. The third kappa shape index (κ3) is 3.63. The summed E-state index contributed by atoms with van der Waals surface area (Å²) in [6.45, 7) is 2.75. The highest BCUT2D eigenvalue weighted by Crippen LogP contribution is 2.16. The summed E-state index contributed by atoms with van der Waals surface area (Å²) in [6, 6.07) is 16.8. The summed E-state index contributed by atoms with van der Waals surface area (Å²) < 4.78 is 0. The van der Waals surface area contributed by atoms with Crippen molar-refractivity contribution in [3.63, 3.8) is 0 Å². The van der Waals surface area contributed by atoms with E-state index in [-0.39, 0.29) is 11.8 Å². The fraction of sp³-hybridized carbons (Fsp3) is 0.158. The van der Waals surface area contributed by atoms with Gasteiger partial charge in [-0.05, 0) is 36.8 Å². The quantitative estimate of drug-likeness (QED) is 0.632. The first-order valence-electron chi connectivity index (χ1n) is 7.84. The molecule has 0 aliphatic rings. The average molecular weight is 321 g/mol. The molecule has 0 fully saturated rings. The van der Waals surface area contributed by atoms with Gasteiger partial charge in [0.05, 0.1) is 0 Å². The standard InChI is InChI=1S/C19H19N3O2/c1-13-7-8-15-12-17(22-16(15)11-13)19(24)21-10-9-20-18(23)14-5-3-2-4-6-14/h2-8,11-12,22H,9-10H2,1H3,(H,20,23)(H,21,24). The molecule has 3 rings (SSSR count). The summed E-state index contributed by atoms with van der Waals surface area (Å²) in [4.78, 5) is 27.1. The molecule has 0 radical (unpaired) electrons. The lowest BCUT2D eigenvalue weighted by Crippen LogP contribution is -2.34. The Morgan fingerprint density at radius 1 is 0.917 bits per heavy atom. The van der Waals surface area contributed by atoms with Crippen LogP contribution in [-0.2, 0) is 0 Å². The van der Waals surface area contributed by atoms with Crippen LogP contribution in [-0.4, -0.2) is 29.9 Å². The van der Waals surface area contributed by atoms with Crippen molar-refractivity contribution in [2.75, 3.05) is 13.1 Å². The van der Waals surface area contributed by atoms with Crippen LogP contribution in [0.2, 0.25) is 0 Å². The molecule has 0 spiro atoms. The molecule has 0 bridgehead atoms. The van der Waals surface area contributed by atoms with Crippen LogP contribution in [0.25, 0.3) is 10.9 Å². The molecule has 2 aromatic carbocycles. The van der Waals surface area contributed by atoms with E-state index in [1.54, 1.807) is 12.1 Å². The summed E-state index contributed by atoms with van der Waals surface area (Å²) in [5.74, 6) is -0.330. The Hall–Kier alpha value is -3.08. The lowest BCUT2D eigenvalue weighted by atomic mass is 10.2. The fourth-order valence-electron chi connectivity index (χ4n) is 2.50. The smallest absolute Gasteiger partial charge is 0.267 e. The molecule has 1 heterocycles. The van der Waals surface area contributed by atoms with Crippen LogP contribution in [0.3, 0.4) is 0 Å².